The fourth-order valence-corrected chi connectivity index (χ4v) is 2.94. The van der Waals surface area contributed by atoms with Gasteiger partial charge in [-0.15, -0.1) is 0 Å². The molecule has 0 aromatic heterocycles. The molecule has 1 heterocycles. The van der Waals surface area contributed by atoms with E-state index < -0.39 is 10.0 Å². The maximum absolute atomic E-state index is 11.8. The second kappa shape index (κ2) is 5.05. The van der Waals surface area contributed by atoms with Crippen molar-refractivity contribution in [3.63, 3.8) is 0 Å². The second-order valence-electron chi connectivity index (χ2n) is 4.54. The molecule has 0 fully saturated rings. The minimum Gasteiger partial charge on any atom is -0.353 e. The van der Waals surface area contributed by atoms with Crippen LogP contribution in [0.25, 0.3) is 6.08 Å². The highest BCUT2D eigenvalue weighted by molar-refractivity contribution is 7.92. The summed E-state index contributed by atoms with van der Waals surface area (Å²) in [5.74, 6) is -0.134. The number of para-hydroxylation sites is 1. The van der Waals surface area contributed by atoms with Crippen molar-refractivity contribution in [2.24, 2.45) is 0 Å². The topological polar surface area (TPSA) is 66.5 Å². The van der Waals surface area contributed by atoms with Gasteiger partial charge in [0.2, 0.25) is 15.9 Å². The molecule has 6 heteroatoms. The Labute approximate surface area is 113 Å². The summed E-state index contributed by atoms with van der Waals surface area (Å²) in [4.78, 5) is 10.9. The Morgan fingerprint density at radius 2 is 2.05 bits per heavy atom. The number of sulfonamides is 1. The van der Waals surface area contributed by atoms with Crippen LogP contribution >= 0.6 is 0 Å². The van der Waals surface area contributed by atoms with E-state index in [1.807, 2.05) is 24.3 Å². The van der Waals surface area contributed by atoms with Gasteiger partial charge in [0, 0.05) is 13.5 Å². The minimum atomic E-state index is -3.33. The second-order valence-corrected chi connectivity index (χ2v) is 6.45. The molecule has 0 saturated heterocycles. The summed E-state index contributed by atoms with van der Waals surface area (Å²) in [5.41, 5.74) is 2.38. The third kappa shape index (κ3) is 3.14. The first kappa shape index (κ1) is 13.6. The SMILES string of the molecule is CC(=O)NCC1=Cc2ccccc2N(S(C)(=O)=O)C1. The number of nitrogens with one attached hydrogen (secondary N) is 1. The molecule has 19 heavy (non-hydrogen) atoms. The van der Waals surface area contributed by atoms with Crippen molar-refractivity contribution in [3.05, 3.63) is 35.4 Å². The van der Waals surface area contributed by atoms with Crippen molar-refractivity contribution >= 4 is 27.7 Å². The number of amides is 1. The lowest BCUT2D eigenvalue weighted by atomic mass is 10.0. The summed E-state index contributed by atoms with van der Waals surface area (Å²) in [5, 5.41) is 2.69. The third-order valence-corrected chi connectivity index (χ3v) is 4.00. The molecule has 0 spiro atoms. The van der Waals surface area contributed by atoms with E-state index in [0.29, 0.717) is 12.2 Å². The van der Waals surface area contributed by atoms with Gasteiger partial charge in [-0.3, -0.25) is 9.10 Å². The van der Waals surface area contributed by atoms with Gasteiger partial charge in [-0.25, -0.2) is 8.42 Å². The number of carbonyl (C=O) groups is 1. The maximum Gasteiger partial charge on any atom is 0.232 e. The highest BCUT2D eigenvalue weighted by atomic mass is 32.2. The third-order valence-electron chi connectivity index (χ3n) is 2.88. The lowest BCUT2D eigenvalue weighted by Crippen LogP contribution is -2.37. The van der Waals surface area contributed by atoms with Gasteiger partial charge in [0.05, 0.1) is 18.5 Å². The minimum absolute atomic E-state index is 0.134. The monoisotopic (exact) mass is 280 g/mol. The molecule has 1 aromatic rings. The predicted octanol–water partition coefficient (Wildman–Crippen LogP) is 0.986. The van der Waals surface area contributed by atoms with Crippen molar-refractivity contribution in [2.45, 2.75) is 6.92 Å². The molecule has 5 nitrogen and oxygen atoms in total. The van der Waals surface area contributed by atoms with E-state index in [4.69, 9.17) is 0 Å². The first-order valence-corrected chi connectivity index (χ1v) is 7.73. The van der Waals surface area contributed by atoms with Crippen LogP contribution in [0.1, 0.15) is 12.5 Å². The summed E-state index contributed by atoms with van der Waals surface area (Å²) in [6.07, 6.45) is 3.11. The summed E-state index contributed by atoms with van der Waals surface area (Å²) in [6, 6.07) is 7.31. The van der Waals surface area contributed by atoms with Crippen LogP contribution in [0.3, 0.4) is 0 Å². The zero-order valence-corrected chi connectivity index (χ0v) is 11.7. The molecule has 1 aromatic carbocycles. The van der Waals surface area contributed by atoms with Gasteiger partial charge in [0.1, 0.15) is 0 Å². The number of rotatable bonds is 3. The average Bonchev–Trinajstić information content (AvgIpc) is 2.34. The number of fused-ring (bicyclic) bond motifs is 1. The zero-order valence-electron chi connectivity index (χ0n) is 10.9. The maximum atomic E-state index is 11.8. The molecule has 0 radical (unpaired) electrons. The van der Waals surface area contributed by atoms with Crippen LogP contribution in [0.5, 0.6) is 0 Å². The van der Waals surface area contributed by atoms with E-state index >= 15 is 0 Å². The van der Waals surface area contributed by atoms with Crippen LogP contribution in [-0.4, -0.2) is 33.7 Å². The molecule has 0 atom stereocenters. The van der Waals surface area contributed by atoms with Crippen LogP contribution in [-0.2, 0) is 14.8 Å². The molecule has 102 valence electrons. The van der Waals surface area contributed by atoms with Crippen molar-refractivity contribution in [2.75, 3.05) is 23.7 Å². The van der Waals surface area contributed by atoms with Crippen LogP contribution in [0.2, 0.25) is 0 Å². The zero-order chi connectivity index (χ0) is 14.0. The Hall–Kier alpha value is -1.82. The first-order valence-electron chi connectivity index (χ1n) is 5.88. The molecule has 0 aliphatic carbocycles. The van der Waals surface area contributed by atoms with Crippen LogP contribution in [0, 0.1) is 0 Å². The van der Waals surface area contributed by atoms with Crippen LogP contribution < -0.4 is 9.62 Å². The molecule has 0 bridgehead atoms. The number of hydrogen-bond donors (Lipinski definition) is 1. The summed E-state index contributed by atoms with van der Waals surface area (Å²) >= 11 is 0. The van der Waals surface area contributed by atoms with Crippen molar-refractivity contribution in [1.29, 1.82) is 0 Å². The Morgan fingerprint density at radius 3 is 2.68 bits per heavy atom. The van der Waals surface area contributed by atoms with Crippen LogP contribution in [0.4, 0.5) is 5.69 Å². The van der Waals surface area contributed by atoms with Gasteiger partial charge in [-0.2, -0.15) is 0 Å². The standard InChI is InChI=1S/C13H16N2O3S/c1-10(16)14-8-11-7-12-5-3-4-6-13(12)15(9-11)19(2,17)18/h3-7H,8-9H2,1-2H3,(H,14,16). The number of hydrogen-bond acceptors (Lipinski definition) is 3. The molecule has 1 N–H and O–H groups in total. The van der Waals surface area contributed by atoms with Crippen molar-refractivity contribution < 1.29 is 13.2 Å². The molecule has 0 unspecified atom stereocenters. The van der Waals surface area contributed by atoms with Crippen molar-refractivity contribution in [1.82, 2.24) is 5.32 Å². The van der Waals surface area contributed by atoms with Crippen molar-refractivity contribution in [3.8, 4) is 0 Å². The number of anilines is 1. The molecular weight excluding hydrogens is 264 g/mol. The highest BCUT2D eigenvalue weighted by Crippen LogP contribution is 2.29. The van der Waals surface area contributed by atoms with E-state index in [0.717, 1.165) is 11.1 Å². The fraction of sp³-hybridized carbons (Fsp3) is 0.308. The lowest BCUT2D eigenvalue weighted by Gasteiger charge is -2.29. The average molecular weight is 280 g/mol. The lowest BCUT2D eigenvalue weighted by molar-refractivity contribution is -0.118. The van der Waals surface area contributed by atoms with Gasteiger partial charge >= 0.3 is 0 Å². The molecular formula is C13H16N2O3S. The number of carbonyl (C=O) groups excluding carboxylic acids is 1. The summed E-state index contributed by atoms with van der Waals surface area (Å²) < 4.78 is 25.0. The van der Waals surface area contributed by atoms with E-state index in [1.54, 1.807) is 6.07 Å². The Morgan fingerprint density at radius 1 is 1.37 bits per heavy atom. The van der Waals surface area contributed by atoms with Gasteiger partial charge in [-0.05, 0) is 17.2 Å². The van der Waals surface area contributed by atoms with Crippen LogP contribution in [0.15, 0.2) is 29.8 Å². The molecule has 1 amide bonds. The van der Waals surface area contributed by atoms with E-state index in [-0.39, 0.29) is 12.5 Å². The molecule has 2 rings (SSSR count). The Bertz CT molecular complexity index is 635. The van der Waals surface area contributed by atoms with Gasteiger partial charge in [0.15, 0.2) is 0 Å². The number of benzene rings is 1. The number of nitrogens with zero attached hydrogens (tertiary/aromatic N) is 1. The first-order chi connectivity index (χ1) is 8.88. The molecule has 1 aliphatic heterocycles. The quantitative estimate of drug-likeness (QED) is 0.897. The largest absolute Gasteiger partial charge is 0.353 e. The van der Waals surface area contributed by atoms with Gasteiger partial charge in [-0.1, -0.05) is 24.3 Å². The smallest absolute Gasteiger partial charge is 0.232 e. The van der Waals surface area contributed by atoms with Gasteiger partial charge < -0.3 is 5.32 Å². The predicted molar refractivity (Wildman–Crippen MR) is 75.3 cm³/mol. The van der Waals surface area contributed by atoms with E-state index in [9.17, 15) is 13.2 Å². The molecule has 1 aliphatic rings. The Balaban J connectivity index is 2.37. The van der Waals surface area contributed by atoms with E-state index in [1.165, 1.54) is 17.5 Å². The Kier molecular flexibility index (Phi) is 3.61. The normalized spacial score (nSPS) is 14.6. The van der Waals surface area contributed by atoms with Gasteiger partial charge in [0.25, 0.3) is 0 Å². The highest BCUT2D eigenvalue weighted by Gasteiger charge is 2.24. The molecule has 0 saturated carbocycles. The fourth-order valence-electron chi connectivity index (χ4n) is 2.01. The summed E-state index contributed by atoms with van der Waals surface area (Å²) in [7, 11) is -3.33. The van der Waals surface area contributed by atoms with E-state index in [2.05, 4.69) is 5.32 Å². The summed E-state index contributed by atoms with van der Waals surface area (Å²) in [6.45, 7) is 2.07.